The van der Waals surface area contributed by atoms with Gasteiger partial charge in [0.15, 0.2) is 0 Å². The zero-order valence-corrected chi connectivity index (χ0v) is 14.4. The highest BCUT2D eigenvalue weighted by molar-refractivity contribution is 5.92. The molecule has 0 saturated heterocycles. The van der Waals surface area contributed by atoms with Crippen LogP contribution in [0, 0.1) is 20.8 Å². The number of aryl methyl sites for hydroxylation is 3. The van der Waals surface area contributed by atoms with E-state index in [1.165, 1.54) is 11.1 Å². The number of carbonyl (C=O) groups excluding carboxylic acids is 1. The van der Waals surface area contributed by atoms with Crippen LogP contribution in [-0.2, 0) is 4.79 Å². The number of hydrogen-bond donors (Lipinski definition) is 2. The minimum atomic E-state index is 0.0489. The summed E-state index contributed by atoms with van der Waals surface area (Å²) in [4.78, 5) is 12.2. The molecule has 0 aliphatic rings. The van der Waals surface area contributed by atoms with Crippen LogP contribution in [0.15, 0.2) is 42.5 Å². The fraction of sp³-hybridized carbons (Fsp3) is 0.350. The lowest BCUT2D eigenvalue weighted by atomic mass is 10.0. The molecule has 2 aromatic carbocycles. The second kappa shape index (κ2) is 7.93. The van der Waals surface area contributed by atoms with Gasteiger partial charge < -0.3 is 10.6 Å². The molecule has 0 aliphatic carbocycles. The topological polar surface area (TPSA) is 41.1 Å². The minimum Gasteiger partial charge on any atom is -0.326 e. The van der Waals surface area contributed by atoms with Crippen LogP contribution in [0.25, 0.3) is 0 Å². The molecule has 2 aromatic rings. The highest BCUT2D eigenvalue weighted by atomic mass is 16.1. The van der Waals surface area contributed by atoms with Crippen LogP contribution < -0.4 is 10.6 Å². The van der Waals surface area contributed by atoms with Crippen molar-refractivity contribution in [2.75, 3.05) is 11.9 Å². The summed E-state index contributed by atoms with van der Waals surface area (Å²) in [6.45, 7) is 8.91. The Morgan fingerprint density at radius 2 is 1.65 bits per heavy atom. The minimum absolute atomic E-state index is 0.0489. The van der Waals surface area contributed by atoms with E-state index in [1.807, 2.05) is 32.0 Å². The van der Waals surface area contributed by atoms with Gasteiger partial charge in [-0.05, 0) is 44.4 Å². The maximum Gasteiger partial charge on any atom is 0.225 e. The summed E-state index contributed by atoms with van der Waals surface area (Å²) in [6, 6.07) is 14.7. The Labute approximate surface area is 139 Å². The van der Waals surface area contributed by atoms with E-state index >= 15 is 0 Å². The van der Waals surface area contributed by atoms with Crippen molar-refractivity contribution in [1.82, 2.24) is 5.32 Å². The number of amides is 1. The zero-order valence-electron chi connectivity index (χ0n) is 14.4. The van der Waals surface area contributed by atoms with E-state index in [1.54, 1.807) is 0 Å². The normalized spacial score (nSPS) is 12.0. The molecule has 3 heteroatoms. The lowest BCUT2D eigenvalue weighted by molar-refractivity contribution is -0.116. The predicted octanol–water partition coefficient (Wildman–Crippen LogP) is 4.29. The van der Waals surface area contributed by atoms with E-state index in [2.05, 4.69) is 48.7 Å². The van der Waals surface area contributed by atoms with Gasteiger partial charge in [-0.2, -0.15) is 0 Å². The number of anilines is 1. The van der Waals surface area contributed by atoms with Crippen molar-refractivity contribution in [2.45, 2.75) is 40.2 Å². The fourth-order valence-electron chi connectivity index (χ4n) is 2.84. The number of nitrogens with one attached hydrogen (secondary N) is 2. The number of hydrogen-bond acceptors (Lipinski definition) is 2. The second-order valence-electron chi connectivity index (χ2n) is 6.16. The fourth-order valence-corrected chi connectivity index (χ4v) is 2.84. The van der Waals surface area contributed by atoms with Gasteiger partial charge in [0.05, 0.1) is 0 Å². The first-order valence-corrected chi connectivity index (χ1v) is 8.13. The van der Waals surface area contributed by atoms with Gasteiger partial charge in [0.25, 0.3) is 0 Å². The molecule has 0 aromatic heterocycles. The molecule has 1 amide bonds. The number of benzene rings is 2. The van der Waals surface area contributed by atoms with Gasteiger partial charge in [-0.1, -0.05) is 48.0 Å². The Bertz CT molecular complexity index is 642. The summed E-state index contributed by atoms with van der Waals surface area (Å²) in [7, 11) is 0. The molecular weight excluding hydrogens is 284 g/mol. The molecule has 0 heterocycles. The van der Waals surface area contributed by atoms with Crippen LogP contribution in [0.3, 0.4) is 0 Å². The molecule has 1 unspecified atom stereocenters. The molecule has 0 spiro atoms. The summed E-state index contributed by atoms with van der Waals surface area (Å²) >= 11 is 0. The van der Waals surface area contributed by atoms with E-state index in [4.69, 9.17) is 0 Å². The van der Waals surface area contributed by atoms with Crippen LogP contribution in [0.4, 0.5) is 5.69 Å². The van der Waals surface area contributed by atoms with Crippen LogP contribution in [0.5, 0.6) is 0 Å². The Hall–Kier alpha value is -2.13. The average molecular weight is 310 g/mol. The third-order valence-electron chi connectivity index (χ3n) is 4.04. The average Bonchev–Trinajstić information content (AvgIpc) is 2.51. The Morgan fingerprint density at radius 3 is 2.26 bits per heavy atom. The molecular formula is C20H26N2O. The largest absolute Gasteiger partial charge is 0.326 e. The lowest BCUT2D eigenvalue weighted by Crippen LogP contribution is -2.24. The maximum absolute atomic E-state index is 12.2. The Morgan fingerprint density at radius 1 is 1.04 bits per heavy atom. The highest BCUT2D eigenvalue weighted by Gasteiger charge is 2.09. The SMILES string of the molecule is Cc1cc(C)c(NC(=O)CCNC(C)c2ccccc2)c(C)c1. The summed E-state index contributed by atoms with van der Waals surface area (Å²) in [5.41, 5.74) is 5.62. The first-order valence-electron chi connectivity index (χ1n) is 8.13. The zero-order chi connectivity index (χ0) is 16.8. The Balaban J connectivity index is 1.84. The first-order chi connectivity index (χ1) is 11.0. The van der Waals surface area contributed by atoms with Gasteiger partial charge in [-0.15, -0.1) is 0 Å². The predicted molar refractivity (Wildman–Crippen MR) is 96.8 cm³/mol. The highest BCUT2D eigenvalue weighted by Crippen LogP contribution is 2.22. The van der Waals surface area contributed by atoms with Crippen molar-refractivity contribution in [3.63, 3.8) is 0 Å². The molecule has 23 heavy (non-hydrogen) atoms. The van der Waals surface area contributed by atoms with Gasteiger partial charge in [-0.3, -0.25) is 4.79 Å². The van der Waals surface area contributed by atoms with Crippen molar-refractivity contribution in [1.29, 1.82) is 0 Å². The van der Waals surface area contributed by atoms with Crippen LogP contribution >= 0.6 is 0 Å². The molecule has 2 N–H and O–H groups in total. The molecule has 0 saturated carbocycles. The van der Waals surface area contributed by atoms with Crippen molar-refractivity contribution < 1.29 is 4.79 Å². The molecule has 0 aliphatic heterocycles. The molecule has 1 atom stereocenters. The van der Waals surface area contributed by atoms with E-state index < -0.39 is 0 Å². The standard InChI is InChI=1S/C20H26N2O/c1-14-12-15(2)20(16(3)13-14)22-19(23)10-11-21-17(4)18-8-6-5-7-9-18/h5-9,12-13,17,21H,10-11H2,1-4H3,(H,22,23). The van der Waals surface area contributed by atoms with E-state index in [-0.39, 0.29) is 11.9 Å². The molecule has 122 valence electrons. The van der Waals surface area contributed by atoms with Crippen molar-refractivity contribution in [3.05, 3.63) is 64.7 Å². The van der Waals surface area contributed by atoms with Gasteiger partial charge in [-0.25, -0.2) is 0 Å². The lowest BCUT2D eigenvalue weighted by Gasteiger charge is -2.15. The van der Waals surface area contributed by atoms with E-state index in [0.29, 0.717) is 13.0 Å². The van der Waals surface area contributed by atoms with Crippen molar-refractivity contribution >= 4 is 11.6 Å². The maximum atomic E-state index is 12.2. The van der Waals surface area contributed by atoms with E-state index in [0.717, 1.165) is 16.8 Å². The summed E-state index contributed by atoms with van der Waals surface area (Å²) in [5.74, 6) is 0.0489. The number of carbonyl (C=O) groups is 1. The molecule has 0 bridgehead atoms. The third-order valence-corrected chi connectivity index (χ3v) is 4.04. The Kier molecular flexibility index (Phi) is 5.94. The van der Waals surface area contributed by atoms with Crippen LogP contribution in [0.1, 0.15) is 41.6 Å². The van der Waals surface area contributed by atoms with Gasteiger partial charge in [0.1, 0.15) is 0 Å². The monoisotopic (exact) mass is 310 g/mol. The van der Waals surface area contributed by atoms with Crippen molar-refractivity contribution in [2.24, 2.45) is 0 Å². The third kappa shape index (κ3) is 4.93. The number of rotatable bonds is 6. The van der Waals surface area contributed by atoms with Gasteiger partial charge >= 0.3 is 0 Å². The van der Waals surface area contributed by atoms with Gasteiger partial charge in [0.2, 0.25) is 5.91 Å². The van der Waals surface area contributed by atoms with E-state index in [9.17, 15) is 4.79 Å². The van der Waals surface area contributed by atoms with Crippen molar-refractivity contribution in [3.8, 4) is 0 Å². The molecule has 0 fully saturated rings. The summed E-state index contributed by atoms with van der Waals surface area (Å²) in [6.07, 6.45) is 0.462. The summed E-state index contributed by atoms with van der Waals surface area (Å²) in [5, 5.41) is 6.43. The molecule has 0 radical (unpaired) electrons. The van der Waals surface area contributed by atoms with Crippen LogP contribution in [0.2, 0.25) is 0 Å². The second-order valence-corrected chi connectivity index (χ2v) is 6.16. The molecule has 3 nitrogen and oxygen atoms in total. The van der Waals surface area contributed by atoms with Crippen LogP contribution in [-0.4, -0.2) is 12.5 Å². The van der Waals surface area contributed by atoms with Gasteiger partial charge in [0, 0.05) is 24.7 Å². The smallest absolute Gasteiger partial charge is 0.225 e. The summed E-state index contributed by atoms with van der Waals surface area (Å²) < 4.78 is 0. The molecule has 2 rings (SSSR count). The first kappa shape index (κ1) is 17.2. The quantitative estimate of drug-likeness (QED) is 0.835.